The fraction of sp³-hybridized carbons (Fsp3) is 0.154. The second kappa shape index (κ2) is 3.81. The standard InChI is InChI=1S/C13H11NO3S/c15-12-7-8-18(16,17)13(12)11-6-5-9-3-1-2-4-10(9)14-11/h1-6,15H,7-8H2. The Labute approximate surface area is 105 Å². The number of allylic oxidation sites excluding steroid dienone is 1. The highest BCUT2D eigenvalue weighted by Gasteiger charge is 2.31. The molecule has 0 atom stereocenters. The van der Waals surface area contributed by atoms with Gasteiger partial charge in [-0.2, -0.15) is 0 Å². The highest BCUT2D eigenvalue weighted by Crippen LogP contribution is 2.32. The van der Waals surface area contributed by atoms with Gasteiger partial charge in [0.15, 0.2) is 9.84 Å². The molecule has 0 unspecified atom stereocenters. The Morgan fingerprint density at radius 3 is 2.61 bits per heavy atom. The molecule has 0 bridgehead atoms. The maximum Gasteiger partial charge on any atom is 0.184 e. The van der Waals surface area contributed by atoms with Crippen LogP contribution in [0.4, 0.5) is 0 Å². The number of fused-ring (bicyclic) bond motifs is 1. The number of hydrogen-bond acceptors (Lipinski definition) is 4. The largest absolute Gasteiger partial charge is 0.511 e. The summed E-state index contributed by atoms with van der Waals surface area (Å²) >= 11 is 0. The summed E-state index contributed by atoms with van der Waals surface area (Å²) in [5.41, 5.74) is 1.04. The van der Waals surface area contributed by atoms with Gasteiger partial charge in [-0.15, -0.1) is 0 Å². The lowest BCUT2D eigenvalue weighted by atomic mass is 10.2. The van der Waals surface area contributed by atoms with Gasteiger partial charge in [-0.25, -0.2) is 13.4 Å². The van der Waals surface area contributed by atoms with Gasteiger partial charge in [0, 0.05) is 11.8 Å². The summed E-state index contributed by atoms with van der Waals surface area (Å²) in [6, 6.07) is 10.9. The first-order chi connectivity index (χ1) is 8.58. The molecule has 1 aromatic heterocycles. The molecule has 5 heteroatoms. The van der Waals surface area contributed by atoms with E-state index in [1.807, 2.05) is 30.3 Å². The summed E-state index contributed by atoms with van der Waals surface area (Å²) in [7, 11) is -3.39. The molecule has 1 aliphatic heterocycles. The molecule has 0 saturated carbocycles. The van der Waals surface area contributed by atoms with Crippen molar-refractivity contribution in [2.45, 2.75) is 6.42 Å². The van der Waals surface area contributed by atoms with E-state index >= 15 is 0 Å². The number of pyridine rings is 1. The van der Waals surface area contributed by atoms with Crippen LogP contribution in [0.2, 0.25) is 0 Å². The summed E-state index contributed by atoms with van der Waals surface area (Å²) in [6.45, 7) is 0. The van der Waals surface area contributed by atoms with Crippen molar-refractivity contribution in [1.82, 2.24) is 4.98 Å². The molecule has 1 N–H and O–H groups in total. The van der Waals surface area contributed by atoms with E-state index in [1.165, 1.54) is 0 Å². The monoisotopic (exact) mass is 261 g/mol. The minimum atomic E-state index is -3.39. The van der Waals surface area contributed by atoms with Crippen LogP contribution in [0, 0.1) is 0 Å². The second-order valence-corrected chi connectivity index (χ2v) is 6.28. The maximum absolute atomic E-state index is 11.9. The Hall–Kier alpha value is -1.88. The molecule has 18 heavy (non-hydrogen) atoms. The van der Waals surface area contributed by atoms with Gasteiger partial charge < -0.3 is 5.11 Å². The fourth-order valence-corrected chi connectivity index (χ4v) is 3.69. The molecule has 1 aliphatic rings. The summed E-state index contributed by atoms with van der Waals surface area (Å²) in [4.78, 5) is 4.29. The molecule has 0 fully saturated rings. The molecule has 1 aromatic carbocycles. The average molecular weight is 261 g/mol. The number of para-hydroxylation sites is 1. The van der Waals surface area contributed by atoms with Gasteiger partial charge in [-0.1, -0.05) is 24.3 Å². The van der Waals surface area contributed by atoms with E-state index in [0.29, 0.717) is 5.69 Å². The minimum Gasteiger partial charge on any atom is -0.511 e. The number of rotatable bonds is 1. The van der Waals surface area contributed by atoms with E-state index in [-0.39, 0.29) is 22.8 Å². The van der Waals surface area contributed by atoms with Crippen LogP contribution in [0.5, 0.6) is 0 Å². The molecule has 92 valence electrons. The van der Waals surface area contributed by atoms with Crippen LogP contribution >= 0.6 is 0 Å². The third-order valence-corrected chi connectivity index (χ3v) is 4.82. The van der Waals surface area contributed by atoms with Gasteiger partial charge in [-0.05, 0) is 12.1 Å². The quantitative estimate of drug-likeness (QED) is 0.855. The van der Waals surface area contributed by atoms with Crippen molar-refractivity contribution in [1.29, 1.82) is 0 Å². The van der Waals surface area contributed by atoms with Crippen LogP contribution in [0.3, 0.4) is 0 Å². The van der Waals surface area contributed by atoms with Crippen molar-refractivity contribution in [2.24, 2.45) is 0 Å². The topological polar surface area (TPSA) is 67.3 Å². The average Bonchev–Trinajstić information content (AvgIpc) is 2.63. The predicted octanol–water partition coefficient (Wildman–Crippen LogP) is 2.28. The Morgan fingerprint density at radius 1 is 1.11 bits per heavy atom. The Balaban J connectivity index is 2.24. The molecule has 3 rings (SSSR count). The zero-order valence-corrected chi connectivity index (χ0v) is 10.3. The third kappa shape index (κ3) is 1.67. The van der Waals surface area contributed by atoms with Crippen molar-refractivity contribution in [3.63, 3.8) is 0 Å². The second-order valence-electron chi connectivity index (χ2n) is 4.23. The van der Waals surface area contributed by atoms with Crippen LogP contribution in [-0.2, 0) is 9.84 Å². The van der Waals surface area contributed by atoms with E-state index in [0.717, 1.165) is 10.9 Å². The molecule has 0 amide bonds. The zero-order valence-electron chi connectivity index (χ0n) is 9.50. The van der Waals surface area contributed by atoms with Crippen LogP contribution in [0.1, 0.15) is 12.1 Å². The highest BCUT2D eigenvalue weighted by molar-refractivity contribution is 8.00. The molecule has 0 spiro atoms. The van der Waals surface area contributed by atoms with E-state index in [1.54, 1.807) is 6.07 Å². The first-order valence-corrected chi connectivity index (χ1v) is 7.24. The molecular formula is C13H11NO3S. The van der Waals surface area contributed by atoms with E-state index in [4.69, 9.17) is 0 Å². The predicted molar refractivity (Wildman–Crippen MR) is 69.7 cm³/mol. The van der Waals surface area contributed by atoms with Gasteiger partial charge in [0.05, 0.1) is 17.0 Å². The van der Waals surface area contributed by atoms with E-state index in [9.17, 15) is 13.5 Å². The number of aliphatic hydroxyl groups excluding tert-OH is 1. The Kier molecular flexibility index (Phi) is 2.38. The normalized spacial score (nSPS) is 18.4. The SMILES string of the molecule is O=S1(=O)CCC(O)=C1c1ccc2ccccc2n1. The maximum atomic E-state index is 11.9. The third-order valence-electron chi connectivity index (χ3n) is 3.01. The molecular weight excluding hydrogens is 250 g/mol. The smallest absolute Gasteiger partial charge is 0.184 e. The molecule has 4 nitrogen and oxygen atoms in total. The molecule has 2 aromatic rings. The number of hydrogen-bond donors (Lipinski definition) is 1. The Bertz CT molecular complexity index is 763. The summed E-state index contributed by atoms with van der Waals surface area (Å²) in [5.74, 6) is -0.124. The van der Waals surface area contributed by atoms with Crippen molar-refractivity contribution >= 4 is 25.6 Å². The van der Waals surface area contributed by atoms with Crippen molar-refractivity contribution in [3.8, 4) is 0 Å². The fourth-order valence-electron chi connectivity index (χ4n) is 2.13. The number of aliphatic hydroxyl groups is 1. The molecule has 0 radical (unpaired) electrons. The van der Waals surface area contributed by atoms with Crippen LogP contribution < -0.4 is 0 Å². The van der Waals surface area contributed by atoms with Crippen LogP contribution in [-0.4, -0.2) is 24.3 Å². The lowest BCUT2D eigenvalue weighted by molar-refractivity contribution is 0.402. The first kappa shape index (κ1) is 11.2. The summed E-state index contributed by atoms with van der Waals surface area (Å²) in [6.07, 6.45) is 0.173. The van der Waals surface area contributed by atoms with Crippen LogP contribution in [0.25, 0.3) is 15.8 Å². The van der Waals surface area contributed by atoms with E-state index in [2.05, 4.69) is 4.98 Å². The van der Waals surface area contributed by atoms with Gasteiger partial charge in [0.25, 0.3) is 0 Å². The van der Waals surface area contributed by atoms with Gasteiger partial charge in [-0.3, -0.25) is 0 Å². The number of aromatic nitrogens is 1. The molecule has 0 saturated heterocycles. The van der Waals surface area contributed by atoms with Crippen molar-refractivity contribution < 1.29 is 13.5 Å². The zero-order chi connectivity index (χ0) is 12.8. The van der Waals surface area contributed by atoms with Crippen molar-refractivity contribution in [3.05, 3.63) is 47.9 Å². The lowest BCUT2D eigenvalue weighted by Crippen LogP contribution is -2.03. The number of benzene rings is 1. The minimum absolute atomic E-state index is 0.0201. The van der Waals surface area contributed by atoms with Gasteiger partial charge in [0.1, 0.15) is 10.7 Å². The number of nitrogens with zero attached hydrogens (tertiary/aromatic N) is 1. The van der Waals surface area contributed by atoms with Gasteiger partial charge >= 0.3 is 0 Å². The summed E-state index contributed by atoms with van der Waals surface area (Å²) < 4.78 is 23.7. The summed E-state index contributed by atoms with van der Waals surface area (Å²) in [5, 5.41) is 10.7. The highest BCUT2D eigenvalue weighted by atomic mass is 32.2. The van der Waals surface area contributed by atoms with E-state index < -0.39 is 9.84 Å². The number of sulfone groups is 1. The first-order valence-electron chi connectivity index (χ1n) is 5.59. The molecule has 2 heterocycles. The molecule has 0 aliphatic carbocycles. The van der Waals surface area contributed by atoms with Crippen molar-refractivity contribution in [2.75, 3.05) is 5.75 Å². The Morgan fingerprint density at radius 2 is 1.89 bits per heavy atom. The lowest BCUT2D eigenvalue weighted by Gasteiger charge is -2.04. The van der Waals surface area contributed by atoms with Gasteiger partial charge in [0.2, 0.25) is 0 Å². The van der Waals surface area contributed by atoms with Crippen LogP contribution in [0.15, 0.2) is 42.2 Å².